The van der Waals surface area contributed by atoms with Gasteiger partial charge in [-0.2, -0.15) is 0 Å². The Morgan fingerprint density at radius 1 is 1.14 bits per heavy atom. The number of alkyl halides is 1. The van der Waals surface area contributed by atoms with Gasteiger partial charge in [0, 0.05) is 4.47 Å². The van der Waals surface area contributed by atoms with Crippen LogP contribution in [0.1, 0.15) is 26.9 Å². The molecule has 1 N–H and O–H groups in total. The lowest BCUT2D eigenvalue weighted by Gasteiger charge is -2.13. The first-order valence-electron chi connectivity index (χ1n) is 6.59. The van der Waals surface area contributed by atoms with Gasteiger partial charge in [0.05, 0.1) is 17.5 Å². The van der Waals surface area contributed by atoms with Crippen LogP contribution < -0.4 is 10.1 Å². The normalized spacial score (nSPS) is 15.4. The Balaban J connectivity index is 1.96. The lowest BCUT2D eigenvalue weighted by atomic mass is 10.0. The SMILES string of the molecule is O=C1NCCOc2ccc(C(Cl)c3ccc(Br)cc3)cc21. The first-order valence-corrected chi connectivity index (χ1v) is 7.82. The van der Waals surface area contributed by atoms with Crippen LogP contribution in [0, 0.1) is 0 Å². The quantitative estimate of drug-likeness (QED) is 0.819. The molecule has 2 aromatic rings. The highest BCUT2D eigenvalue weighted by atomic mass is 79.9. The number of carbonyl (C=O) groups excluding carboxylic acids is 1. The molecule has 0 saturated heterocycles. The van der Waals surface area contributed by atoms with Gasteiger partial charge in [0.1, 0.15) is 12.4 Å². The molecular weight excluding hydrogens is 354 g/mol. The maximum atomic E-state index is 12.0. The molecule has 108 valence electrons. The Bertz CT molecular complexity index is 672. The third-order valence-electron chi connectivity index (χ3n) is 3.35. The molecule has 0 bridgehead atoms. The molecule has 0 aromatic heterocycles. The van der Waals surface area contributed by atoms with Gasteiger partial charge in [-0.15, -0.1) is 11.6 Å². The predicted molar refractivity (Wildman–Crippen MR) is 86.1 cm³/mol. The second kappa shape index (κ2) is 6.08. The Kier molecular flexibility index (Phi) is 4.17. The maximum absolute atomic E-state index is 12.0. The van der Waals surface area contributed by atoms with Crippen LogP contribution in [-0.2, 0) is 0 Å². The van der Waals surface area contributed by atoms with Crippen LogP contribution in [0.15, 0.2) is 46.9 Å². The van der Waals surface area contributed by atoms with Crippen molar-refractivity contribution in [2.45, 2.75) is 5.38 Å². The van der Waals surface area contributed by atoms with E-state index in [1.54, 1.807) is 6.07 Å². The van der Waals surface area contributed by atoms with Crippen LogP contribution in [0.3, 0.4) is 0 Å². The van der Waals surface area contributed by atoms with E-state index >= 15 is 0 Å². The van der Waals surface area contributed by atoms with Crippen LogP contribution in [0.2, 0.25) is 0 Å². The average Bonchev–Trinajstić information content (AvgIpc) is 2.69. The van der Waals surface area contributed by atoms with E-state index in [1.165, 1.54) is 0 Å². The summed E-state index contributed by atoms with van der Waals surface area (Å²) in [6.07, 6.45) is 0. The van der Waals surface area contributed by atoms with Crippen molar-refractivity contribution in [1.29, 1.82) is 0 Å². The van der Waals surface area contributed by atoms with Gasteiger partial charge in [-0.3, -0.25) is 4.79 Å². The largest absolute Gasteiger partial charge is 0.491 e. The number of fused-ring (bicyclic) bond motifs is 1. The number of benzene rings is 2. The van der Waals surface area contributed by atoms with E-state index in [1.807, 2.05) is 36.4 Å². The van der Waals surface area contributed by atoms with Gasteiger partial charge in [-0.25, -0.2) is 0 Å². The molecule has 1 atom stereocenters. The Hall–Kier alpha value is -1.52. The molecule has 2 aromatic carbocycles. The molecular formula is C16H13BrClNO2. The minimum Gasteiger partial charge on any atom is -0.491 e. The van der Waals surface area contributed by atoms with Gasteiger partial charge < -0.3 is 10.1 Å². The highest BCUT2D eigenvalue weighted by Gasteiger charge is 2.19. The Morgan fingerprint density at radius 3 is 2.62 bits per heavy atom. The number of rotatable bonds is 2. The summed E-state index contributed by atoms with van der Waals surface area (Å²) in [7, 11) is 0. The first-order chi connectivity index (χ1) is 10.1. The summed E-state index contributed by atoms with van der Waals surface area (Å²) in [5, 5.41) is 2.49. The highest BCUT2D eigenvalue weighted by Crippen LogP contribution is 2.32. The van der Waals surface area contributed by atoms with Crippen molar-refractivity contribution < 1.29 is 9.53 Å². The molecule has 0 fully saturated rings. The second-order valence-corrected chi connectivity index (χ2v) is 6.13. The topological polar surface area (TPSA) is 38.3 Å². The third kappa shape index (κ3) is 3.06. The van der Waals surface area contributed by atoms with Gasteiger partial charge >= 0.3 is 0 Å². The fourth-order valence-corrected chi connectivity index (χ4v) is 2.80. The summed E-state index contributed by atoms with van der Waals surface area (Å²) in [5.74, 6) is 0.484. The number of carbonyl (C=O) groups is 1. The van der Waals surface area contributed by atoms with Crippen LogP contribution in [0.4, 0.5) is 0 Å². The van der Waals surface area contributed by atoms with E-state index in [-0.39, 0.29) is 11.3 Å². The lowest BCUT2D eigenvalue weighted by molar-refractivity contribution is 0.0957. The molecule has 1 aliphatic rings. The molecule has 21 heavy (non-hydrogen) atoms. The maximum Gasteiger partial charge on any atom is 0.255 e. The third-order valence-corrected chi connectivity index (χ3v) is 4.38. The average molecular weight is 367 g/mol. The van der Waals surface area contributed by atoms with Gasteiger partial charge in [0.25, 0.3) is 5.91 Å². The minimum absolute atomic E-state index is 0.121. The molecule has 3 rings (SSSR count). The fourth-order valence-electron chi connectivity index (χ4n) is 2.25. The zero-order chi connectivity index (χ0) is 14.8. The number of ether oxygens (including phenoxy) is 1. The zero-order valence-electron chi connectivity index (χ0n) is 11.1. The minimum atomic E-state index is -0.306. The zero-order valence-corrected chi connectivity index (χ0v) is 13.4. The number of halogens is 2. The van der Waals surface area contributed by atoms with E-state index in [4.69, 9.17) is 16.3 Å². The summed E-state index contributed by atoms with van der Waals surface area (Å²) in [4.78, 5) is 12.0. The Labute approximate surface area is 136 Å². The molecule has 1 unspecified atom stereocenters. The van der Waals surface area contributed by atoms with Crippen LogP contribution in [-0.4, -0.2) is 19.1 Å². The van der Waals surface area contributed by atoms with Crippen LogP contribution >= 0.6 is 27.5 Å². The first kappa shape index (κ1) is 14.4. The molecule has 5 heteroatoms. The van der Waals surface area contributed by atoms with E-state index in [2.05, 4.69) is 21.2 Å². The highest BCUT2D eigenvalue weighted by molar-refractivity contribution is 9.10. The molecule has 3 nitrogen and oxygen atoms in total. The Morgan fingerprint density at radius 2 is 1.86 bits per heavy atom. The van der Waals surface area contributed by atoms with Gasteiger partial charge in [-0.05, 0) is 35.4 Å². The van der Waals surface area contributed by atoms with Gasteiger partial charge in [-0.1, -0.05) is 34.1 Å². The van der Waals surface area contributed by atoms with Crippen LogP contribution in [0.5, 0.6) is 5.75 Å². The van der Waals surface area contributed by atoms with Crippen molar-refractivity contribution in [3.63, 3.8) is 0 Å². The molecule has 0 aliphatic carbocycles. The van der Waals surface area contributed by atoms with E-state index in [0.29, 0.717) is 24.5 Å². The number of hydrogen-bond donors (Lipinski definition) is 1. The molecule has 1 heterocycles. The summed E-state index contributed by atoms with van der Waals surface area (Å²) in [6.45, 7) is 0.995. The van der Waals surface area contributed by atoms with Gasteiger partial charge in [0.2, 0.25) is 0 Å². The van der Waals surface area contributed by atoms with Crippen molar-refractivity contribution in [2.24, 2.45) is 0 Å². The van der Waals surface area contributed by atoms with Crippen LogP contribution in [0.25, 0.3) is 0 Å². The second-order valence-electron chi connectivity index (χ2n) is 4.77. The molecule has 1 amide bonds. The summed E-state index contributed by atoms with van der Waals surface area (Å²) < 4.78 is 6.55. The molecule has 0 radical (unpaired) electrons. The van der Waals surface area contributed by atoms with E-state index in [0.717, 1.165) is 15.6 Å². The van der Waals surface area contributed by atoms with Crippen molar-refractivity contribution in [3.05, 3.63) is 63.6 Å². The lowest BCUT2D eigenvalue weighted by Crippen LogP contribution is -2.24. The van der Waals surface area contributed by atoms with Crippen molar-refractivity contribution >= 4 is 33.4 Å². The standard InChI is InChI=1S/C16H13BrClNO2/c17-12-4-1-10(2-5-12)15(18)11-3-6-14-13(9-11)16(20)19-7-8-21-14/h1-6,9,15H,7-8H2,(H,19,20). The number of nitrogens with one attached hydrogen (secondary N) is 1. The van der Waals surface area contributed by atoms with Crippen molar-refractivity contribution in [2.75, 3.05) is 13.2 Å². The summed E-state index contributed by atoms with van der Waals surface area (Å²) >= 11 is 9.93. The van der Waals surface area contributed by atoms with E-state index in [9.17, 15) is 4.79 Å². The number of amides is 1. The predicted octanol–water partition coefficient (Wildman–Crippen LogP) is 3.90. The smallest absolute Gasteiger partial charge is 0.255 e. The van der Waals surface area contributed by atoms with E-state index < -0.39 is 0 Å². The number of hydrogen-bond acceptors (Lipinski definition) is 2. The molecule has 0 spiro atoms. The molecule has 1 aliphatic heterocycles. The summed E-state index contributed by atoms with van der Waals surface area (Å²) in [5.41, 5.74) is 2.39. The fraction of sp³-hybridized carbons (Fsp3) is 0.188. The van der Waals surface area contributed by atoms with Crippen molar-refractivity contribution in [1.82, 2.24) is 5.32 Å². The molecule has 0 saturated carbocycles. The van der Waals surface area contributed by atoms with Gasteiger partial charge in [0.15, 0.2) is 0 Å². The summed E-state index contributed by atoms with van der Waals surface area (Å²) in [6, 6.07) is 13.3. The van der Waals surface area contributed by atoms with Crippen molar-refractivity contribution in [3.8, 4) is 5.75 Å². The monoisotopic (exact) mass is 365 g/mol.